The summed E-state index contributed by atoms with van der Waals surface area (Å²) in [5, 5.41) is 2.92. The Hall–Kier alpha value is -0.870. The summed E-state index contributed by atoms with van der Waals surface area (Å²) in [6, 6.07) is 5.80. The largest absolute Gasteiger partial charge is 0.377 e. The van der Waals surface area contributed by atoms with Crippen LogP contribution in [0.4, 0.5) is 0 Å². The predicted molar refractivity (Wildman–Crippen MR) is 61.0 cm³/mol. The van der Waals surface area contributed by atoms with Crippen LogP contribution in [0.25, 0.3) is 0 Å². The fourth-order valence-electron chi connectivity index (χ4n) is 1.44. The number of amides is 1. The molecule has 1 aromatic carbocycles. The molecule has 1 heterocycles. The summed E-state index contributed by atoms with van der Waals surface area (Å²) in [4.78, 5) is 11.8. The molecule has 2 rings (SSSR count). The third-order valence-electron chi connectivity index (χ3n) is 2.49. The molecular formula is C11H12BrNO2. The van der Waals surface area contributed by atoms with Crippen LogP contribution in [0, 0.1) is 6.92 Å². The number of ether oxygens (including phenoxy) is 1. The second-order valence-electron chi connectivity index (χ2n) is 3.62. The summed E-state index contributed by atoms with van der Waals surface area (Å²) >= 11 is 3.41. The normalized spacial score (nSPS) is 15.9. The highest BCUT2D eigenvalue weighted by atomic mass is 79.9. The minimum Gasteiger partial charge on any atom is -0.377 e. The number of carbonyl (C=O) groups excluding carboxylic acids is 1. The van der Waals surface area contributed by atoms with Gasteiger partial charge in [0, 0.05) is 10.0 Å². The summed E-state index contributed by atoms with van der Waals surface area (Å²) < 4.78 is 5.96. The quantitative estimate of drug-likeness (QED) is 0.891. The lowest BCUT2D eigenvalue weighted by Crippen LogP contribution is -2.48. The fourth-order valence-corrected chi connectivity index (χ4v) is 1.80. The fraction of sp³-hybridized carbons (Fsp3) is 0.364. The average molecular weight is 270 g/mol. The van der Waals surface area contributed by atoms with Crippen LogP contribution in [-0.4, -0.2) is 25.2 Å². The molecule has 0 radical (unpaired) electrons. The molecule has 1 fully saturated rings. The first kappa shape index (κ1) is 10.6. The average Bonchev–Trinajstić information content (AvgIpc) is 2.15. The van der Waals surface area contributed by atoms with Gasteiger partial charge in [-0.3, -0.25) is 4.79 Å². The SMILES string of the molecule is Cc1c(Br)cccc1C(=O)NC1COC1. The standard InChI is InChI=1S/C11H12BrNO2/c1-7-9(3-2-4-10(7)12)11(14)13-8-5-15-6-8/h2-4,8H,5-6H2,1H3,(H,13,14). The molecule has 1 aromatic rings. The number of halogens is 1. The van der Waals surface area contributed by atoms with Crippen LogP contribution in [0.5, 0.6) is 0 Å². The molecule has 1 saturated heterocycles. The predicted octanol–water partition coefficient (Wildman–Crippen LogP) is 1.89. The summed E-state index contributed by atoms with van der Waals surface area (Å²) in [7, 11) is 0. The highest BCUT2D eigenvalue weighted by molar-refractivity contribution is 9.10. The molecule has 1 N–H and O–H groups in total. The zero-order valence-electron chi connectivity index (χ0n) is 8.42. The number of rotatable bonds is 2. The summed E-state index contributed by atoms with van der Waals surface area (Å²) in [6.45, 7) is 3.17. The van der Waals surface area contributed by atoms with Crippen molar-refractivity contribution in [3.63, 3.8) is 0 Å². The van der Waals surface area contributed by atoms with E-state index in [1.54, 1.807) is 0 Å². The van der Waals surface area contributed by atoms with Crippen LogP contribution in [0.15, 0.2) is 22.7 Å². The Bertz CT molecular complexity index is 388. The molecule has 15 heavy (non-hydrogen) atoms. The van der Waals surface area contributed by atoms with Gasteiger partial charge in [0.2, 0.25) is 0 Å². The molecule has 0 unspecified atom stereocenters. The third-order valence-corrected chi connectivity index (χ3v) is 3.34. The van der Waals surface area contributed by atoms with Gasteiger partial charge in [-0.2, -0.15) is 0 Å². The Labute approximate surface area is 96.9 Å². The maximum Gasteiger partial charge on any atom is 0.251 e. The van der Waals surface area contributed by atoms with Crippen molar-refractivity contribution in [1.82, 2.24) is 5.32 Å². The van der Waals surface area contributed by atoms with E-state index in [1.165, 1.54) is 0 Å². The molecule has 1 aliphatic rings. The van der Waals surface area contributed by atoms with Crippen LogP contribution in [0.2, 0.25) is 0 Å². The maximum absolute atomic E-state index is 11.8. The van der Waals surface area contributed by atoms with Crippen molar-refractivity contribution < 1.29 is 9.53 Å². The zero-order valence-corrected chi connectivity index (χ0v) is 10.0. The molecule has 0 atom stereocenters. The molecule has 0 bridgehead atoms. The number of hydrogen-bond donors (Lipinski definition) is 1. The van der Waals surface area contributed by atoms with Gasteiger partial charge in [0.1, 0.15) is 0 Å². The van der Waals surface area contributed by atoms with Crippen LogP contribution in [0.3, 0.4) is 0 Å². The lowest BCUT2D eigenvalue weighted by Gasteiger charge is -2.27. The molecule has 0 aliphatic carbocycles. The van der Waals surface area contributed by atoms with Crippen molar-refractivity contribution in [3.8, 4) is 0 Å². The monoisotopic (exact) mass is 269 g/mol. The van der Waals surface area contributed by atoms with Gasteiger partial charge >= 0.3 is 0 Å². The highest BCUT2D eigenvalue weighted by Gasteiger charge is 2.21. The summed E-state index contributed by atoms with van der Waals surface area (Å²) in [6.07, 6.45) is 0. The van der Waals surface area contributed by atoms with Gasteiger partial charge in [-0.1, -0.05) is 22.0 Å². The molecule has 0 saturated carbocycles. The van der Waals surface area contributed by atoms with Gasteiger partial charge in [0.25, 0.3) is 5.91 Å². The Balaban J connectivity index is 2.13. The van der Waals surface area contributed by atoms with Gasteiger partial charge in [0.05, 0.1) is 19.3 Å². The molecular weight excluding hydrogens is 258 g/mol. The van der Waals surface area contributed by atoms with E-state index in [4.69, 9.17) is 4.74 Å². The van der Waals surface area contributed by atoms with E-state index in [1.807, 2.05) is 25.1 Å². The number of hydrogen-bond acceptors (Lipinski definition) is 2. The second-order valence-corrected chi connectivity index (χ2v) is 4.47. The molecule has 1 amide bonds. The molecule has 4 heteroatoms. The van der Waals surface area contributed by atoms with Gasteiger partial charge in [-0.25, -0.2) is 0 Å². The Morgan fingerprint density at radius 2 is 2.27 bits per heavy atom. The lowest BCUT2D eigenvalue weighted by atomic mass is 10.1. The van der Waals surface area contributed by atoms with Crippen molar-refractivity contribution in [1.29, 1.82) is 0 Å². The van der Waals surface area contributed by atoms with Crippen molar-refractivity contribution in [2.75, 3.05) is 13.2 Å². The summed E-state index contributed by atoms with van der Waals surface area (Å²) in [5.74, 6) is -0.0258. The van der Waals surface area contributed by atoms with E-state index in [0.29, 0.717) is 13.2 Å². The zero-order chi connectivity index (χ0) is 10.8. The maximum atomic E-state index is 11.8. The number of carbonyl (C=O) groups is 1. The first-order chi connectivity index (χ1) is 7.18. The molecule has 3 nitrogen and oxygen atoms in total. The van der Waals surface area contributed by atoms with E-state index in [2.05, 4.69) is 21.2 Å². The van der Waals surface area contributed by atoms with Crippen molar-refractivity contribution in [2.45, 2.75) is 13.0 Å². The van der Waals surface area contributed by atoms with Gasteiger partial charge in [0.15, 0.2) is 0 Å². The van der Waals surface area contributed by atoms with E-state index in [-0.39, 0.29) is 11.9 Å². The van der Waals surface area contributed by atoms with Crippen molar-refractivity contribution in [2.24, 2.45) is 0 Å². The Kier molecular flexibility index (Phi) is 3.07. The highest BCUT2D eigenvalue weighted by Crippen LogP contribution is 2.19. The minimum absolute atomic E-state index is 0.0258. The number of nitrogens with one attached hydrogen (secondary N) is 1. The number of benzene rings is 1. The summed E-state index contributed by atoms with van der Waals surface area (Å²) in [5.41, 5.74) is 1.69. The van der Waals surface area contributed by atoms with Gasteiger partial charge < -0.3 is 10.1 Å². The first-order valence-electron chi connectivity index (χ1n) is 4.82. The van der Waals surface area contributed by atoms with Gasteiger partial charge in [-0.05, 0) is 24.6 Å². The molecule has 0 aromatic heterocycles. The van der Waals surface area contributed by atoms with Crippen molar-refractivity contribution >= 4 is 21.8 Å². The van der Waals surface area contributed by atoms with E-state index < -0.39 is 0 Å². The van der Waals surface area contributed by atoms with Crippen molar-refractivity contribution in [3.05, 3.63) is 33.8 Å². The van der Waals surface area contributed by atoms with E-state index in [9.17, 15) is 4.79 Å². The Morgan fingerprint density at radius 1 is 1.53 bits per heavy atom. The third kappa shape index (κ3) is 2.21. The van der Waals surface area contributed by atoms with Gasteiger partial charge in [-0.15, -0.1) is 0 Å². The van der Waals surface area contributed by atoms with E-state index in [0.717, 1.165) is 15.6 Å². The first-order valence-corrected chi connectivity index (χ1v) is 5.61. The smallest absolute Gasteiger partial charge is 0.251 e. The lowest BCUT2D eigenvalue weighted by molar-refractivity contribution is -0.00347. The molecule has 0 spiro atoms. The van der Waals surface area contributed by atoms with Crippen LogP contribution in [0.1, 0.15) is 15.9 Å². The minimum atomic E-state index is -0.0258. The molecule has 80 valence electrons. The molecule has 1 aliphatic heterocycles. The Morgan fingerprint density at radius 3 is 2.87 bits per heavy atom. The van der Waals surface area contributed by atoms with E-state index >= 15 is 0 Å². The topological polar surface area (TPSA) is 38.3 Å². The van der Waals surface area contributed by atoms with Crippen LogP contribution in [-0.2, 0) is 4.74 Å². The second kappa shape index (κ2) is 4.33. The van der Waals surface area contributed by atoms with Crippen LogP contribution >= 0.6 is 15.9 Å². The van der Waals surface area contributed by atoms with Crippen LogP contribution < -0.4 is 5.32 Å².